The van der Waals surface area contributed by atoms with E-state index in [-0.39, 0.29) is 5.92 Å². The Balaban J connectivity index is 2.25. The standard InChI is InChI=1S/C10H17F3/c1-2-8-3-5-9(6-4-8)7-10(11,12)13/h8-9H,2-7H2,1H3. The molecule has 0 heterocycles. The van der Waals surface area contributed by atoms with Crippen molar-refractivity contribution in [2.75, 3.05) is 0 Å². The molecule has 0 amide bonds. The lowest BCUT2D eigenvalue weighted by Crippen LogP contribution is -2.20. The molecule has 0 aliphatic heterocycles. The Morgan fingerprint density at radius 1 is 1.00 bits per heavy atom. The van der Waals surface area contributed by atoms with Crippen LogP contribution in [0, 0.1) is 11.8 Å². The van der Waals surface area contributed by atoms with Crippen LogP contribution >= 0.6 is 0 Å². The summed E-state index contributed by atoms with van der Waals surface area (Å²) >= 11 is 0. The van der Waals surface area contributed by atoms with Crippen LogP contribution in [0.1, 0.15) is 45.4 Å². The average Bonchev–Trinajstić information content (AvgIpc) is 2.03. The van der Waals surface area contributed by atoms with Crippen molar-refractivity contribution in [3.63, 3.8) is 0 Å². The van der Waals surface area contributed by atoms with Crippen molar-refractivity contribution < 1.29 is 13.2 Å². The van der Waals surface area contributed by atoms with Gasteiger partial charge >= 0.3 is 6.18 Å². The summed E-state index contributed by atoms with van der Waals surface area (Å²) in [5, 5.41) is 0. The van der Waals surface area contributed by atoms with Crippen LogP contribution in [0.5, 0.6) is 0 Å². The first-order valence-corrected chi connectivity index (χ1v) is 5.08. The van der Waals surface area contributed by atoms with E-state index in [9.17, 15) is 13.2 Å². The van der Waals surface area contributed by atoms with Crippen molar-refractivity contribution in [3.05, 3.63) is 0 Å². The van der Waals surface area contributed by atoms with E-state index in [1.54, 1.807) is 0 Å². The molecule has 13 heavy (non-hydrogen) atoms. The molecule has 0 bridgehead atoms. The molecule has 1 aliphatic carbocycles. The average molecular weight is 194 g/mol. The van der Waals surface area contributed by atoms with Gasteiger partial charge in [-0.25, -0.2) is 0 Å². The highest BCUT2D eigenvalue weighted by atomic mass is 19.4. The fourth-order valence-corrected chi connectivity index (χ4v) is 2.17. The maximum atomic E-state index is 12.0. The van der Waals surface area contributed by atoms with E-state index in [0.29, 0.717) is 5.92 Å². The molecule has 1 fully saturated rings. The maximum absolute atomic E-state index is 12.0. The number of rotatable bonds is 2. The van der Waals surface area contributed by atoms with E-state index in [1.165, 1.54) is 0 Å². The van der Waals surface area contributed by atoms with Crippen molar-refractivity contribution in [1.29, 1.82) is 0 Å². The van der Waals surface area contributed by atoms with Gasteiger partial charge in [-0.15, -0.1) is 0 Å². The van der Waals surface area contributed by atoms with Gasteiger partial charge in [-0.05, 0) is 24.7 Å². The summed E-state index contributed by atoms with van der Waals surface area (Å²) < 4.78 is 36.1. The van der Waals surface area contributed by atoms with E-state index in [1.807, 2.05) is 0 Å². The summed E-state index contributed by atoms with van der Waals surface area (Å²) in [6.45, 7) is 2.12. The van der Waals surface area contributed by atoms with Crippen LogP contribution in [0.4, 0.5) is 13.2 Å². The van der Waals surface area contributed by atoms with Gasteiger partial charge < -0.3 is 0 Å². The van der Waals surface area contributed by atoms with E-state index >= 15 is 0 Å². The zero-order chi connectivity index (χ0) is 9.90. The monoisotopic (exact) mass is 194 g/mol. The second-order valence-electron chi connectivity index (χ2n) is 4.11. The summed E-state index contributed by atoms with van der Waals surface area (Å²) in [6, 6.07) is 0. The van der Waals surface area contributed by atoms with Gasteiger partial charge in [0.25, 0.3) is 0 Å². The van der Waals surface area contributed by atoms with Crippen LogP contribution in [-0.4, -0.2) is 6.18 Å². The smallest absolute Gasteiger partial charge is 0.171 e. The van der Waals surface area contributed by atoms with Crippen LogP contribution in [0.3, 0.4) is 0 Å². The lowest BCUT2D eigenvalue weighted by Gasteiger charge is -2.28. The van der Waals surface area contributed by atoms with Gasteiger partial charge in [-0.2, -0.15) is 13.2 Å². The molecule has 1 rings (SSSR count). The van der Waals surface area contributed by atoms with Gasteiger partial charge in [0, 0.05) is 6.42 Å². The normalized spacial score (nSPS) is 30.5. The molecule has 0 nitrogen and oxygen atoms in total. The molecular formula is C10H17F3. The van der Waals surface area contributed by atoms with Crippen LogP contribution in [0.2, 0.25) is 0 Å². The second kappa shape index (κ2) is 4.34. The van der Waals surface area contributed by atoms with Crippen molar-refractivity contribution in [2.45, 2.75) is 51.6 Å². The predicted molar refractivity (Wildman–Crippen MR) is 46.4 cm³/mol. The van der Waals surface area contributed by atoms with Crippen molar-refractivity contribution in [2.24, 2.45) is 11.8 Å². The number of hydrogen-bond donors (Lipinski definition) is 0. The van der Waals surface area contributed by atoms with Gasteiger partial charge in [0.1, 0.15) is 0 Å². The number of hydrogen-bond acceptors (Lipinski definition) is 0. The number of alkyl halides is 3. The van der Waals surface area contributed by atoms with E-state index in [4.69, 9.17) is 0 Å². The molecule has 0 saturated heterocycles. The molecule has 0 atom stereocenters. The molecule has 0 radical (unpaired) electrons. The van der Waals surface area contributed by atoms with Crippen molar-refractivity contribution >= 4 is 0 Å². The van der Waals surface area contributed by atoms with E-state index < -0.39 is 12.6 Å². The third-order valence-electron chi connectivity index (χ3n) is 3.06. The molecule has 3 heteroatoms. The third-order valence-corrected chi connectivity index (χ3v) is 3.06. The first-order chi connectivity index (χ1) is 6.01. The molecule has 0 unspecified atom stereocenters. The van der Waals surface area contributed by atoms with E-state index in [2.05, 4.69) is 6.92 Å². The lowest BCUT2D eigenvalue weighted by atomic mass is 9.79. The Labute approximate surface area is 77.5 Å². The van der Waals surface area contributed by atoms with Crippen LogP contribution < -0.4 is 0 Å². The fraction of sp³-hybridized carbons (Fsp3) is 1.00. The quantitative estimate of drug-likeness (QED) is 0.619. The van der Waals surface area contributed by atoms with Gasteiger partial charge in [-0.3, -0.25) is 0 Å². The summed E-state index contributed by atoms with van der Waals surface area (Å²) in [7, 11) is 0. The van der Waals surface area contributed by atoms with Crippen LogP contribution in [0.15, 0.2) is 0 Å². The van der Waals surface area contributed by atoms with E-state index in [0.717, 1.165) is 32.1 Å². The Morgan fingerprint density at radius 3 is 1.85 bits per heavy atom. The molecule has 1 saturated carbocycles. The molecule has 0 spiro atoms. The topological polar surface area (TPSA) is 0 Å². The Hall–Kier alpha value is -0.210. The van der Waals surface area contributed by atoms with Gasteiger partial charge in [0.2, 0.25) is 0 Å². The zero-order valence-corrected chi connectivity index (χ0v) is 8.03. The minimum Gasteiger partial charge on any atom is -0.171 e. The van der Waals surface area contributed by atoms with Gasteiger partial charge in [-0.1, -0.05) is 26.2 Å². The minimum atomic E-state index is -3.95. The summed E-state index contributed by atoms with van der Waals surface area (Å²) in [5.74, 6) is 0.590. The molecule has 78 valence electrons. The highest BCUT2D eigenvalue weighted by Gasteiger charge is 2.33. The van der Waals surface area contributed by atoms with Crippen molar-refractivity contribution in [1.82, 2.24) is 0 Å². The summed E-state index contributed by atoms with van der Waals surface area (Å²) in [5.41, 5.74) is 0. The van der Waals surface area contributed by atoms with Crippen LogP contribution in [-0.2, 0) is 0 Å². The lowest BCUT2D eigenvalue weighted by molar-refractivity contribution is -0.147. The molecule has 1 aliphatic rings. The first-order valence-electron chi connectivity index (χ1n) is 5.08. The molecule has 0 aromatic carbocycles. The minimum absolute atomic E-state index is 0.0946. The van der Waals surface area contributed by atoms with Gasteiger partial charge in [0.15, 0.2) is 0 Å². The maximum Gasteiger partial charge on any atom is 0.389 e. The summed E-state index contributed by atoms with van der Waals surface area (Å²) in [4.78, 5) is 0. The zero-order valence-electron chi connectivity index (χ0n) is 8.03. The Bertz CT molecular complexity index is 143. The van der Waals surface area contributed by atoms with Crippen molar-refractivity contribution in [3.8, 4) is 0 Å². The van der Waals surface area contributed by atoms with Gasteiger partial charge in [0.05, 0.1) is 0 Å². The Morgan fingerprint density at radius 2 is 1.46 bits per heavy atom. The fourth-order valence-electron chi connectivity index (χ4n) is 2.17. The number of halogens is 3. The Kier molecular flexibility index (Phi) is 3.63. The highest BCUT2D eigenvalue weighted by molar-refractivity contribution is 4.73. The predicted octanol–water partition coefficient (Wildman–Crippen LogP) is 4.16. The first kappa shape index (κ1) is 10.9. The largest absolute Gasteiger partial charge is 0.389 e. The SMILES string of the molecule is CCC1CCC(CC(F)(F)F)CC1. The highest BCUT2D eigenvalue weighted by Crippen LogP contribution is 2.36. The molecule has 0 aromatic heterocycles. The molecule has 0 N–H and O–H groups in total. The molecular weight excluding hydrogens is 177 g/mol. The molecule has 0 aromatic rings. The second-order valence-corrected chi connectivity index (χ2v) is 4.11. The summed E-state index contributed by atoms with van der Waals surface area (Å²) in [6.07, 6.45) is 0.149. The van der Waals surface area contributed by atoms with Crippen LogP contribution in [0.25, 0.3) is 0 Å². The third kappa shape index (κ3) is 4.01.